The summed E-state index contributed by atoms with van der Waals surface area (Å²) >= 11 is 1.73. The number of aliphatic hydroxyl groups is 1. The van der Waals surface area contributed by atoms with Crippen molar-refractivity contribution in [3.8, 4) is 0 Å². The Morgan fingerprint density at radius 2 is 2.03 bits per heavy atom. The van der Waals surface area contributed by atoms with Gasteiger partial charge in [0.25, 0.3) is 5.91 Å². The van der Waals surface area contributed by atoms with Crippen LogP contribution in [0.4, 0.5) is 0 Å². The molecule has 0 radical (unpaired) electrons. The van der Waals surface area contributed by atoms with Crippen LogP contribution in [0.5, 0.6) is 0 Å². The molecule has 1 aromatic carbocycles. The normalized spacial score (nSPS) is 22.5. The highest BCUT2D eigenvalue weighted by atomic mass is 32.1. The van der Waals surface area contributed by atoms with E-state index in [2.05, 4.69) is 35.0 Å². The number of carbonyl (C=O) groups is 1. The van der Waals surface area contributed by atoms with Crippen molar-refractivity contribution in [1.82, 2.24) is 5.32 Å². The predicted octanol–water partition coefficient (Wildman–Crippen LogP) is 4.85. The number of aliphatic hydroxyl groups excluding tert-OH is 1. The number of nitrogens with one attached hydrogen (secondary N) is 1. The van der Waals surface area contributed by atoms with Crippen LogP contribution in [0.1, 0.15) is 62.8 Å². The largest absolute Gasteiger partial charge is 0.459 e. The minimum absolute atomic E-state index is 0.0739. The molecule has 6 heteroatoms. The monoisotopic (exact) mass is 429 g/mol. The first kappa shape index (κ1) is 21.3. The lowest BCUT2D eigenvalue weighted by Gasteiger charge is -2.30. The van der Waals surface area contributed by atoms with Crippen LogP contribution in [-0.2, 0) is 14.3 Å². The molecule has 1 fully saturated rings. The highest BCUT2D eigenvalue weighted by molar-refractivity contribution is 7.17. The van der Waals surface area contributed by atoms with Gasteiger partial charge in [0, 0.05) is 29.7 Å². The van der Waals surface area contributed by atoms with Gasteiger partial charge in [-0.05, 0) is 54.2 Å². The Bertz CT molecular complexity index is 871. The second kappa shape index (κ2) is 10.4. The number of hydrogen-bond acceptors (Lipinski definition) is 5. The first-order valence-corrected chi connectivity index (χ1v) is 12.0. The molecular weight excluding hydrogens is 398 g/mol. The number of carbonyl (C=O) groups excluding carboxylic acids is 1. The Morgan fingerprint density at radius 1 is 1.20 bits per heavy atom. The number of benzene rings is 1. The van der Waals surface area contributed by atoms with E-state index in [1.54, 1.807) is 11.3 Å². The van der Waals surface area contributed by atoms with Crippen LogP contribution < -0.4 is 5.32 Å². The summed E-state index contributed by atoms with van der Waals surface area (Å²) in [4.78, 5) is 13.0. The lowest BCUT2D eigenvalue weighted by molar-refractivity contribution is -0.147. The Morgan fingerprint density at radius 3 is 2.87 bits per heavy atom. The molecule has 0 saturated heterocycles. The van der Waals surface area contributed by atoms with E-state index < -0.39 is 6.29 Å². The molecule has 4 rings (SSSR count). The summed E-state index contributed by atoms with van der Waals surface area (Å²) in [6, 6.07) is 8.62. The Balaban J connectivity index is 1.52. The molecule has 2 atom stereocenters. The van der Waals surface area contributed by atoms with Gasteiger partial charge in [-0.2, -0.15) is 0 Å². The third kappa shape index (κ3) is 5.23. The third-order valence-electron chi connectivity index (χ3n) is 5.99. The fourth-order valence-corrected chi connectivity index (χ4v) is 5.38. The van der Waals surface area contributed by atoms with Gasteiger partial charge < -0.3 is 19.9 Å². The Labute approximate surface area is 182 Å². The number of thiophene rings is 1. The Kier molecular flexibility index (Phi) is 7.42. The molecule has 0 spiro atoms. The van der Waals surface area contributed by atoms with Crippen LogP contribution in [0, 0.1) is 0 Å². The predicted molar refractivity (Wildman–Crippen MR) is 119 cm³/mol. The summed E-state index contributed by atoms with van der Waals surface area (Å²) in [6.07, 6.45) is 9.35. The van der Waals surface area contributed by atoms with E-state index in [0.717, 1.165) is 19.3 Å². The third-order valence-corrected chi connectivity index (χ3v) is 6.97. The first-order chi connectivity index (χ1) is 14.7. The van der Waals surface area contributed by atoms with Crippen LogP contribution in [-0.4, -0.2) is 36.6 Å². The molecule has 2 aromatic rings. The Hall–Kier alpha value is -1.89. The van der Waals surface area contributed by atoms with E-state index in [-0.39, 0.29) is 24.5 Å². The quantitative estimate of drug-likeness (QED) is 0.589. The van der Waals surface area contributed by atoms with Crippen molar-refractivity contribution in [1.29, 1.82) is 0 Å². The molecule has 0 unspecified atom stereocenters. The summed E-state index contributed by atoms with van der Waals surface area (Å²) < 4.78 is 13.2. The average molecular weight is 430 g/mol. The number of allylic oxidation sites excluding steroid dienone is 1. The molecule has 1 aliphatic carbocycles. The molecule has 2 N–H and O–H groups in total. The second-order valence-electron chi connectivity index (χ2n) is 8.22. The van der Waals surface area contributed by atoms with Gasteiger partial charge in [0.15, 0.2) is 5.76 Å². The van der Waals surface area contributed by atoms with Crippen molar-refractivity contribution in [3.63, 3.8) is 0 Å². The van der Waals surface area contributed by atoms with Gasteiger partial charge in [-0.25, -0.2) is 0 Å². The highest BCUT2D eigenvalue weighted by Gasteiger charge is 2.31. The van der Waals surface area contributed by atoms with Gasteiger partial charge in [-0.15, -0.1) is 11.3 Å². The zero-order valence-electron chi connectivity index (χ0n) is 17.3. The summed E-state index contributed by atoms with van der Waals surface area (Å²) in [7, 11) is 0. The van der Waals surface area contributed by atoms with Crippen molar-refractivity contribution in [2.24, 2.45) is 0 Å². The first-order valence-electron chi connectivity index (χ1n) is 11.1. The maximum absolute atomic E-state index is 13.0. The van der Waals surface area contributed by atoms with Gasteiger partial charge in [0.2, 0.25) is 6.29 Å². The van der Waals surface area contributed by atoms with Crippen molar-refractivity contribution in [3.05, 3.63) is 47.0 Å². The van der Waals surface area contributed by atoms with Gasteiger partial charge in [0.1, 0.15) is 0 Å². The maximum Gasteiger partial charge on any atom is 0.286 e. The second-order valence-corrected chi connectivity index (χ2v) is 9.13. The molecule has 30 heavy (non-hydrogen) atoms. The fourth-order valence-electron chi connectivity index (χ4n) is 4.35. The number of amides is 1. The minimum atomic E-state index is -0.454. The van der Waals surface area contributed by atoms with Crippen molar-refractivity contribution in [2.45, 2.75) is 69.6 Å². The summed E-state index contributed by atoms with van der Waals surface area (Å²) in [6.45, 7) is 0.674. The number of ether oxygens (including phenoxy) is 2. The van der Waals surface area contributed by atoms with Gasteiger partial charge in [-0.3, -0.25) is 4.79 Å². The van der Waals surface area contributed by atoms with Gasteiger partial charge >= 0.3 is 0 Å². The summed E-state index contributed by atoms with van der Waals surface area (Å²) in [5, 5.41) is 15.6. The topological polar surface area (TPSA) is 67.8 Å². The molecule has 2 aliphatic rings. The van der Waals surface area contributed by atoms with Crippen LogP contribution in [0.15, 0.2) is 41.5 Å². The minimum Gasteiger partial charge on any atom is -0.459 e. The molecular formula is C24H31NO4S. The summed E-state index contributed by atoms with van der Waals surface area (Å²) in [5.74, 6) is 0.319. The molecule has 5 nitrogen and oxygen atoms in total. The molecule has 162 valence electrons. The molecule has 1 aromatic heterocycles. The van der Waals surface area contributed by atoms with Crippen LogP contribution in [0.2, 0.25) is 0 Å². The SMILES string of the molecule is O=C(NC1CCCCC1)C1=C[C@@H](c2csc3ccccc23)C[C@@H](OCCCCO)O1. The zero-order chi connectivity index (χ0) is 20.8. The van der Waals surface area contributed by atoms with Crippen molar-refractivity contribution < 1.29 is 19.4 Å². The number of rotatable bonds is 8. The number of hydrogen-bond donors (Lipinski definition) is 2. The average Bonchev–Trinajstić information content (AvgIpc) is 3.21. The molecule has 0 bridgehead atoms. The van der Waals surface area contributed by atoms with E-state index in [0.29, 0.717) is 25.2 Å². The maximum atomic E-state index is 13.0. The zero-order valence-corrected chi connectivity index (χ0v) is 18.2. The fraction of sp³-hybridized carbons (Fsp3) is 0.542. The van der Waals surface area contributed by atoms with Crippen LogP contribution in [0.3, 0.4) is 0 Å². The van der Waals surface area contributed by atoms with Crippen molar-refractivity contribution >= 4 is 27.3 Å². The molecule has 2 heterocycles. The van der Waals surface area contributed by atoms with E-state index in [4.69, 9.17) is 14.6 Å². The molecule has 1 saturated carbocycles. The lowest BCUT2D eigenvalue weighted by atomic mass is 9.92. The number of unbranched alkanes of at least 4 members (excludes halogenated alkanes) is 1. The number of fused-ring (bicyclic) bond motifs is 1. The summed E-state index contributed by atoms with van der Waals surface area (Å²) in [5.41, 5.74) is 1.23. The van der Waals surface area contributed by atoms with E-state index in [1.165, 1.54) is 34.9 Å². The highest BCUT2D eigenvalue weighted by Crippen LogP contribution is 2.38. The van der Waals surface area contributed by atoms with Crippen LogP contribution >= 0.6 is 11.3 Å². The van der Waals surface area contributed by atoms with Gasteiger partial charge in [0.05, 0.1) is 6.61 Å². The lowest BCUT2D eigenvalue weighted by Crippen LogP contribution is -2.39. The standard InChI is InChI=1S/C24H31NO4S/c26-12-6-7-13-28-23-15-17(20-16-30-22-11-5-4-10-19(20)22)14-21(29-23)24(27)25-18-8-2-1-3-9-18/h4-5,10-11,14,16-18,23,26H,1-3,6-9,12-13,15H2,(H,25,27)/t17-,23+/m1/s1. The molecule has 1 amide bonds. The van der Waals surface area contributed by atoms with Crippen LogP contribution in [0.25, 0.3) is 10.1 Å². The van der Waals surface area contributed by atoms with E-state index >= 15 is 0 Å². The smallest absolute Gasteiger partial charge is 0.286 e. The van der Waals surface area contributed by atoms with Crippen molar-refractivity contribution in [2.75, 3.05) is 13.2 Å². The molecule has 1 aliphatic heterocycles. The van der Waals surface area contributed by atoms with E-state index in [1.807, 2.05) is 6.08 Å². The van der Waals surface area contributed by atoms with Gasteiger partial charge in [-0.1, -0.05) is 37.5 Å². The van der Waals surface area contributed by atoms with E-state index in [9.17, 15) is 4.79 Å².